The number of phenolic OH excluding ortho intramolecular Hbond substituents is 1. The maximum absolute atomic E-state index is 11.7. The van der Waals surface area contributed by atoms with Crippen molar-refractivity contribution in [2.75, 3.05) is 0 Å². The van der Waals surface area contributed by atoms with Crippen LogP contribution in [0.1, 0.15) is 87.3 Å². The molecule has 7 aromatic carbocycles. The van der Waals surface area contributed by atoms with Crippen LogP contribution in [0.2, 0.25) is 0 Å². The third-order valence-electron chi connectivity index (χ3n) is 12.6. The van der Waals surface area contributed by atoms with Gasteiger partial charge in [0.05, 0.1) is 22.3 Å². The number of aromatic nitrogens is 3. The molecule has 0 amide bonds. The Hall–Kier alpha value is -6.35. The second-order valence-electron chi connectivity index (χ2n) is 19.4. The van der Waals surface area contributed by atoms with Crippen LogP contribution in [0.4, 0.5) is 0 Å². The summed E-state index contributed by atoms with van der Waals surface area (Å²) in [5.74, 6) is 0.759. The van der Waals surface area contributed by atoms with E-state index in [1.54, 1.807) is 6.07 Å². The van der Waals surface area contributed by atoms with Gasteiger partial charge in [0.15, 0.2) is 0 Å². The summed E-state index contributed by atoms with van der Waals surface area (Å²) in [7, 11) is 0. The summed E-state index contributed by atoms with van der Waals surface area (Å²) < 4.78 is 27.8. The topological polar surface area (TPSA) is 50.9 Å². The molecule has 328 valence electrons. The summed E-state index contributed by atoms with van der Waals surface area (Å²) in [4.78, 5) is 10.3. The zero-order valence-corrected chi connectivity index (χ0v) is 40.5. The van der Waals surface area contributed by atoms with E-state index in [4.69, 9.17) is 14.1 Å². The smallest absolute Gasteiger partial charge is 0.148 e. The molecular formula is C60H56N3OPt-. The normalized spacial score (nSPS) is 12.9. The van der Waals surface area contributed by atoms with Gasteiger partial charge in [0, 0.05) is 48.0 Å². The molecule has 1 N–H and O–H groups in total. The number of benzene rings is 7. The second kappa shape index (κ2) is 17.6. The van der Waals surface area contributed by atoms with Crippen molar-refractivity contribution in [3.05, 3.63) is 204 Å². The van der Waals surface area contributed by atoms with Crippen LogP contribution < -0.4 is 0 Å². The van der Waals surface area contributed by atoms with E-state index in [1.165, 1.54) is 11.8 Å². The molecule has 5 heteroatoms. The number of aryl methyl sites for hydroxylation is 1. The van der Waals surface area contributed by atoms with Gasteiger partial charge < -0.3 is 5.11 Å². The molecule has 0 saturated carbocycles. The standard InChI is InChI=1S/C60H56N3O.Pt/c1-39-38-61-52(37-50(39)41-27-29-45(30-28-41)60(8,9)44-21-14-11-15-22-44)43-33-42(34-47(35-43)59(5,6)7)49-24-18-26-54-56(49)62-57(51-36-46(58(2,3)4)31-32-55(51)64)63(54)53-25-17-16-23-48(53)40-19-12-10-13-20-40;/h10-32,34-38,64H,1-9H3;/q-1;/i1D3;. The third kappa shape index (κ3) is 8.77. The first kappa shape index (κ1) is 41.4. The van der Waals surface area contributed by atoms with Crippen LogP contribution in [0, 0.1) is 12.9 Å². The van der Waals surface area contributed by atoms with Crippen LogP contribution in [0.25, 0.3) is 72.7 Å². The first-order valence-corrected chi connectivity index (χ1v) is 22.0. The van der Waals surface area contributed by atoms with Gasteiger partial charge in [-0.3, -0.25) is 9.55 Å². The Morgan fingerprint density at radius 3 is 1.83 bits per heavy atom. The summed E-state index contributed by atoms with van der Waals surface area (Å²) in [5.41, 5.74) is 13.7. The maximum Gasteiger partial charge on any atom is 0.148 e. The zero-order valence-electron chi connectivity index (χ0n) is 41.3. The summed E-state index contributed by atoms with van der Waals surface area (Å²) in [6.07, 6.45) is 1.51. The summed E-state index contributed by atoms with van der Waals surface area (Å²) in [6, 6.07) is 59.3. The van der Waals surface area contributed by atoms with E-state index < -0.39 is 6.85 Å². The summed E-state index contributed by atoms with van der Waals surface area (Å²) >= 11 is 0. The molecule has 65 heavy (non-hydrogen) atoms. The van der Waals surface area contributed by atoms with Crippen LogP contribution >= 0.6 is 0 Å². The van der Waals surface area contributed by atoms with E-state index in [0.717, 1.165) is 66.8 Å². The van der Waals surface area contributed by atoms with Gasteiger partial charge in [-0.05, 0) is 80.9 Å². The SMILES string of the molecule is [2H]C([2H])([2H])c1cnc(-c2[c-]c(-c3cccc4c3nc(-c3cc(C(C)(C)C)ccc3O)n4-c3ccccc3-c3ccccc3)cc(C(C)(C)C)c2)cc1-c1ccc(C(C)(C)c2ccccc2)cc1.[Pt]. The number of hydrogen-bond donors (Lipinski definition) is 1. The van der Waals surface area contributed by atoms with Crippen molar-refractivity contribution in [3.63, 3.8) is 0 Å². The van der Waals surface area contributed by atoms with E-state index in [-0.39, 0.29) is 48.6 Å². The first-order chi connectivity index (χ1) is 31.8. The Bertz CT molecular complexity index is 3270. The van der Waals surface area contributed by atoms with E-state index in [2.05, 4.69) is 163 Å². The quantitative estimate of drug-likeness (QED) is 0.154. The van der Waals surface area contributed by atoms with Crippen LogP contribution in [-0.2, 0) is 37.3 Å². The van der Waals surface area contributed by atoms with Gasteiger partial charge in [-0.2, -0.15) is 0 Å². The molecule has 0 spiro atoms. The average molecular weight is 1030 g/mol. The van der Waals surface area contributed by atoms with Gasteiger partial charge in [0.2, 0.25) is 0 Å². The van der Waals surface area contributed by atoms with Crippen LogP contribution in [-0.4, -0.2) is 19.6 Å². The van der Waals surface area contributed by atoms with Gasteiger partial charge >= 0.3 is 0 Å². The second-order valence-corrected chi connectivity index (χ2v) is 19.4. The van der Waals surface area contributed by atoms with Crippen molar-refractivity contribution in [2.45, 2.75) is 78.5 Å². The van der Waals surface area contributed by atoms with Crippen molar-refractivity contribution in [3.8, 4) is 67.5 Å². The van der Waals surface area contributed by atoms with Crippen molar-refractivity contribution < 1.29 is 30.3 Å². The molecule has 0 aliphatic carbocycles. The van der Waals surface area contributed by atoms with E-state index in [1.807, 2.05) is 60.7 Å². The molecule has 9 aromatic rings. The van der Waals surface area contributed by atoms with E-state index in [9.17, 15) is 5.11 Å². The molecule has 0 radical (unpaired) electrons. The van der Waals surface area contributed by atoms with E-state index in [0.29, 0.717) is 22.6 Å². The zero-order chi connectivity index (χ0) is 47.5. The Labute approximate surface area is 403 Å². The molecule has 2 heterocycles. The van der Waals surface area contributed by atoms with Crippen LogP contribution in [0.15, 0.2) is 170 Å². The molecule has 0 fully saturated rings. The minimum atomic E-state index is -2.39. The number of aromatic hydroxyl groups is 1. The molecule has 2 aromatic heterocycles. The fourth-order valence-corrected chi connectivity index (χ4v) is 8.67. The molecular weight excluding hydrogens is 974 g/mol. The number of nitrogens with zero attached hydrogens (tertiary/aromatic N) is 3. The minimum absolute atomic E-state index is 0. The summed E-state index contributed by atoms with van der Waals surface area (Å²) in [5, 5.41) is 11.7. The number of imidazole rings is 1. The van der Waals surface area contributed by atoms with Gasteiger partial charge in [-0.25, -0.2) is 4.98 Å². The van der Waals surface area contributed by atoms with Crippen molar-refractivity contribution in [2.24, 2.45) is 0 Å². The predicted octanol–water partition coefficient (Wildman–Crippen LogP) is 15.5. The average Bonchev–Trinajstić information content (AvgIpc) is 3.70. The molecule has 0 unspecified atom stereocenters. The monoisotopic (exact) mass is 1030 g/mol. The number of fused-ring (bicyclic) bond motifs is 1. The van der Waals surface area contributed by atoms with Gasteiger partial charge in [-0.15, -0.1) is 29.3 Å². The van der Waals surface area contributed by atoms with Crippen molar-refractivity contribution >= 4 is 11.0 Å². The maximum atomic E-state index is 11.7. The molecule has 0 aliphatic rings. The molecule has 0 saturated heterocycles. The number of para-hydroxylation sites is 2. The van der Waals surface area contributed by atoms with Gasteiger partial charge in [0.1, 0.15) is 11.6 Å². The molecule has 0 atom stereocenters. The number of phenols is 1. The van der Waals surface area contributed by atoms with Crippen molar-refractivity contribution in [1.82, 2.24) is 14.5 Å². The van der Waals surface area contributed by atoms with Crippen LogP contribution in [0.5, 0.6) is 5.75 Å². The first-order valence-electron chi connectivity index (χ1n) is 23.5. The van der Waals surface area contributed by atoms with Gasteiger partial charge in [0.25, 0.3) is 0 Å². The third-order valence-corrected chi connectivity index (χ3v) is 12.6. The Balaban J connectivity index is 0.00000625. The molecule has 0 aliphatic heterocycles. The molecule has 0 bridgehead atoms. The largest absolute Gasteiger partial charge is 0.507 e. The van der Waals surface area contributed by atoms with Gasteiger partial charge in [-0.1, -0.05) is 194 Å². The molecule has 9 rings (SSSR count). The fourth-order valence-electron chi connectivity index (χ4n) is 8.67. The predicted molar refractivity (Wildman–Crippen MR) is 267 cm³/mol. The Morgan fingerprint density at radius 1 is 0.538 bits per heavy atom. The fraction of sp³-hybridized carbons (Fsp3) is 0.200. The van der Waals surface area contributed by atoms with E-state index >= 15 is 0 Å². The Morgan fingerprint density at radius 2 is 1.14 bits per heavy atom. The Kier molecular flexibility index (Phi) is 11.2. The van der Waals surface area contributed by atoms with Crippen LogP contribution in [0.3, 0.4) is 0 Å². The number of rotatable bonds is 8. The van der Waals surface area contributed by atoms with Crippen molar-refractivity contribution in [1.29, 1.82) is 0 Å². The number of hydrogen-bond acceptors (Lipinski definition) is 3. The molecule has 4 nitrogen and oxygen atoms in total. The summed E-state index contributed by atoms with van der Waals surface area (Å²) in [6.45, 7) is 15.1. The minimum Gasteiger partial charge on any atom is -0.507 e. The number of pyridine rings is 1.